The Morgan fingerprint density at radius 3 is 2.58 bits per heavy atom. The summed E-state index contributed by atoms with van der Waals surface area (Å²) in [6, 6.07) is 4.26. The van der Waals surface area contributed by atoms with Gasteiger partial charge in [-0.1, -0.05) is 0 Å². The number of guanidine groups is 1. The highest BCUT2D eigenvalue weighted by molar-refractivity contribution is 7.14. The van der Waals surface area contributed by atoms with E-state index in [4.69, 9.17) is 4.74 Å². The number of likely N-dealkylation sites (N-methyl/N-ethyl adjacent to an activating group) is 1. The van der Waals surface area contributed by atoms with Crippen molar-refractivity contribution in [3.05, 3.63) is 17.5 Å². The lowest BCUT2D eigenvalue weighted by molar-refractivity contribution is 0.0302. The maximum atomic E-state index is 12.0. The van der Waals surface area contributed by atoms with Gasteiger partial charge < -0.3 is 24.8 Å². The number of ether oxygens (including phenoxy) is 1. The molecule has 2 rings (SSSR count). The van der Waals surface area contributed by atoms with E-state index in [2.05, 4.69) is 37.6 Å². The van der Waals surface area contributed by atoms with Crippen molar-refractivity contribution in [1.82, 2.24) is 15.1 Å². The molecule has 0 aliphatic carbocycles. The van der Waals surface area contributed by atoms with Crippen LogP contribution in [0.3, 0.4) is 0 Å². The zero-order valence-electron chi connectivity index (χ0n) is 16.5. The lowest BCUT2D eigenvalue weighted by Gasteiger charge is -2.37. The number of nitrogens with one attached hydrogen (secondary N) is 1. The predicted molar refractivity (Wildman–Crippen MR) is 108 cm³/mol. The summed E-state index contributed by atoms with van der Waals surface area (Å²) in [5, 5.41) is 6.79. The van der Waals surface area contributed by atoms with Crippen molar-refractivity contribution in [2.24, 2.45) is 4.99 Å². The molecule has 146 valence electrons. The Morgan fingerprint density at radius 2 is 2.04 bits per heavy atom. The monoisotopic (exact) mass is 381 g/mol. The highest BCUT2D eigenvalue weighted by Gasteiger charge is 2.21. The molecule has 0 saturated carbocycles. The minimum Gasteiger partial charge on any atom is -0.444 e. The molecule has 0 aromatic carbocycles. The quantitative estimate of drug-likeness (QED) is 0.641. The molecule has 1 aromatic heterocycles. The van der Waals surface area contributed by atoms with Crippen LogP contribution in [0.15, 0.2) is 22.5 Å². The van der Waals surface area contributed by atoms with Crippen LogP contribution >= 0.6 is 11.3 Å². The van der Waals surface area contributed by atoms with Crippen molar-refractivity contribution in [1.29, 1.82) is 0 Å². The Labute approximate surface area is 160 Å². The van der Waals surface area contributed by atoms with Crippen LogP contribution in [0.1, 0.15) is 20.8 Å². The molecule has 0 spiro atoms. The summed E-state index contributed by atoms with van der Waals surface area (Å²) in [5.74, 6) is 0.883. The molecule has 26 heavy (non-hydrogen) atoms. The van der Waals surface area contributed by atoms with Gasteiger partial charge in [0.25, 0.3) is 0 Å². The third kappa shape index (κ3) is 6.09. The minimum atomic E-state index is -0.475. The summed E-state index contributed by atoms with van der Waals surface area (Å²) in [6.45, 7) is 10.6. The van der Waals surface area contributed by atoms with Gasteiger partial charge in [0, 0.05) is 53.4 Å². The van der Waals surface area contributed by atoms with Gasteiger partial charge in [-0.3, -0.25) is 4.99 Å². The van der Waals surface area contributed by atoms with E-state index >= 15 is 0 Å². The van der Waals surface area contributed by atoms with Gasteiger partial charge in [-0.2, -0.15) is 0 Å². The highest BCUT2D eigenvalue weighted by atomic mass is 32.1. The van der Waals surface area contributed by atoms with E-state index < -0.39 is 5.60 Å². The van der Waals surface area contributed by atoms with Gasteiger partial charge in [0.05, 0.1) is 5.00 Å². The number of nitrogens with zero attached hydrogens (tertiary/aromatic N) is 4. The van der Waals surface area contributed by atoms with Gasteiger partial charge in [0.15, 0.2) is 5.96 Å². The van der Waals surface area contributed by atoms with Gasteiger partial charge in [0.1, 0.15) is 5.60 Å². The number of rotatable bonds is 4. The van der Waals surface area contributed by atoms with E-state index in [-0.39, 0.29) is 6.09 Å². The molecular weight excluding hydrogens is 350 g/mol. The minimum absolute atomic E-state index is 0.307. The first-order chi connectivity index (χ1) is 12.3. The first-order valence-corrected chi connectivity index (χ1v) is 9.86. The predicted octanol–water partition coefficient (Wildman–Crippen LogP) is 2.31. The molecule has 2 heterocycles. The molecule has 0 radical (unpaired) electrons. The normalized spacial score (nSPS) is 15.8. The number of piperazine rings is 1. The third-order valence-corrected chi connectivity index (χ3v) is 4.97. The highest BCUT2D eigenvalue weighted by Crippen LogP contribution is 2.22. The number of hydrogen-bond acceptors (Lipinski definition) is 5. The largest absolute Gasteiger partial charge is 0.444 e. The fourth-order valence-electron chi connectivity index (χ4n) is 2.69. The first kappa shape index (κ1) is 20.4. The molecule has 8 heteroatoms. The molecule has 7 nitrogen and oxygen atoms in total. The maximum Gasteiger partial charge on any atom is 0.410 e. The van der Waals surface area contributed by atoms with Gasteiger partial charge in [0.2, 0.25) is 0 Å². The second-order valence-electron chi connectivity index (χ2n) is 7.30. The molecule has 1 N–H and O–H groups in total. The van der Waals surface area contributed by atoms with E-state index in [1.165, 1.54) is 5.00 Å². The van der Waals surface area contributed by atoms with Crippen molar-refractivity contribution < 1.29 is 9.53 Å². The van der Waals surface area contributed by atoms with E-state index in [0.29, 0.717) is 13.1 Å². The zero-order valence-corrected chi connectivity index (χ0v) is 17.3. The average Bonchev–Trinajstić information content (AvgIpc) is 3.12. The summed E-state index contributed by atoms with van der Waals surface area (Å²) in [7, 11) is 3.55. The Balaban J connectivity index is 1.74. The molecule has 1 aliphatic heterocycles. The summed E-state index contributed by atoms with van der Waals surface area (Å²) >= 11 is 1.78. The Kier molecular flexibility index (Phi) is 7.14. The standard InChI is InChI=1S/C18H31N5O2S/c1-18(2,3)25-17(24)21(5)9-8-20-16(19-4)23-12-10-22(11-13-23)15-7-6-14-26-15/h6-7,14H,8-13H2,1-5H3,(H,19,20). The van der Waals surface area contributed by atoms with Gasteiger partial charge >= 0.3 is 6.09 Å². The average molecular weight is 382 g/mol. The summed E-state index contributed by atoms with van der Waals surface area (Å²) in [5.41, 5.74) is -0.475. The lowest BCUT2D eigenvalue weighted by Crippen LogP contribution is -2.53. The molecule has 1 fully saturated rings. The smallest absolute Gasteiger partial charge is 0.410 e. The topological polar surface area (TPSA) is 60.4 Å². The van der Waals surface area contributed by atoms with Crippen molar-refractivity contribution in [2.75, 3.05) is 58.3 Å². The Hall–Kier alpha value is -1.96. The number of anilines is 1. The summed E-state index contributed by atoms with van der Waals surface area (Å²) in [4.78, 5) is 22.6. The maximum absolute atomic E-state index is 12.0. The van der Waals surface area contributed by atoms with Crippen LogP contribution in [0.25, 0.3) is 0 Å². The van der Waals surface area contributed by atoms with E-state index in [9.17, 15) is 4.79 Å². The Morgan fingerprint density at radius 1 is 1.35 bits per heavy atom. The van der Waals surface area contributed by atoms with Crippen molar-refractivity contribution in [2.45, 2.75) is 26.4 Å². The van der Waals surface area contributed by atoms with Crippen LogP contribution in [0.5, 0.6) is 0 Å². The number of aliphatic imine (C=N–C) groups is 1. The van der Waals surface area contributed by atoms with E-state index in [1.54, 1.807) is 30.3 Å². The van der Waals surface area contributed by atoms with Gasteiger partial charge in [-0.15, -0.1) is 11.3 Å². The van der Waals surface area contributed by atoms with Crippen LogP contribution in [0, 0.1) is 0 Å². The van der Waals surface area contributed by atoms with Crippen LogP contribution < -0.4 is 10.2 Å². The fraction of sp³-hybridized carbons (Fsp3) is 0.667. The van der Waals surface area contributed by atoms with Crippen LogP contribution in [-0.4, -0.2) is 80.8 Å². The van der Waals surface area contributed by atoms with Crippen molar-refractivity contribution in [3.8, 4) is 0 Å². The molecule has 1 aromatic rings. The van der Waals surface area contributed by atoms with Gasteiger partial charge in [-0.25, -0.2) is 4.79 Å². The van der Waals surface area contributed by atoms with Crippen molar-refractivity contribution >= 4 is 28.4 Å². The lowest BCUT2D eigenvalue weighted by atomic mass is 10.2. The molecule has 1 saturated heterocycles. The summed E-state index contributed by atoms with van der Waals surface area (Å²) < 4.78 is 5.36. The fourth-order valence-corrected chi connectivity index (χ4v) is 3.47. The molecule has 1 aliphatic rings. The first-order valence-electron chi connectivity index (χ1n) is 8.98. The third-order valence-electron chi connectivity index (χ3n) is 4.04. The number of thiophene rings is 1. The van der Waals surface area contributed by atoms with E-state index in [0.717, 1.165) is 32.1 Å². The van der Waals surface area contributed by atoms with Crippen LogP contribution in [0.4, 0.5) is 9.80 Å². The number of hydrogen-bond donors (Lipinski definition) is 1. The molecule has 0 bridgehead atoms. The summed E-state index contributed by atoms with van der Waals surface area (Å²) in [6.07, 6.45) is -0.307. The molecular formula is C18H31N5O2S. The number of carbonyl (C=O) groups excluding carboxylic acids is 1. The molecule has 0 unspecified atom stereocenters. The van der Waals surface area contributed by atoms with E-state index in [1.807, 2.05) is 20.8 Å². The second-order valence-corrected chi connectivity index (χ2v) is 8.23. The Bertz CT molecular complexity index is 589. The number of amides is 1. The molecule has 1 amide bonds. The van der Waals surface area contributed by atoms with Crippen LogP contribution in [0.2, 0.25) is 0 Å². The second kappa shape index (κ2) is 9.12. The number of carbonyl (C=O) groups is 1. The van der Waals surface area contributed by atoms with Crippen molar-refractivity contribution in [3.63, 3.8) is 0 Å². The molecule has 0 atom stereocenters. The zero-order chi connectivity index (χ0) is 19.2. The SMILES string of the molecule is CN=C(NCCN(C)C(=O)OC(C)(C)C)N1CCN(c2cccs2)CC1. The van der Waals surface area contributed by atoms with Gasteiger partial charge in [-0.05, 0) is 38.3 Å². The van der Waals surface area contributed by atoms with Crippen LogP contribution in [-0.2, 0) is 4.74 Å².